The third kappa shape index (κ3) is 5.23. The summed E-state index contributed by atoms with van der Waals surface area (Å²) in [6.45, 7) is 1.74. The Balaban J connectivity index is 2.10. The van der Waals surface area contributed by atoms with Gasteiger partial charge in [-0.05, 0) is 55.5 Å². The number of esters is 1. The maximum atomic E-state index is 12.4. The van der Waals surface area contributed by atoms with E-state index in [4.69, 9.17) is 9.47 Å². The highest BCUT2D eigenvalue weighted by molar-refractivity contribution is 9.10. The molecule has 0 saturated carbocycles. The first kappa shape index (κ1) is 19.8. The van der Waals surface area contributed by atoms with Gasteiger partial charge in [-0.3, -0.25) is 4.79 Å². The number of anilines is 1. The summed E-state index contributed by atoms with van der Waals surface area (Å²) in [6.07, 6.45) is 0. The maximum absolute atomic E-state index is 12.4. The highest BCUT2D eigenvalue weighted by Gasteiger charge is 2.27. The normalized spacial score (nSPS) is 12.6. The van der Waals surface area contributed by atoms with Crippen molar-refractivity contribution in [2.75, 3.05) is 19.5 Å². The van der Waals surface area contributed by atoms with E-state index >= 15 is 0 Å². The Morgan fingerprint density at radius 2 is 1.62 bits per heavy atom. The van der Waals surface area contributed by atoms with E-state index in [9.17, 15) is 9.59 Å². The zero-order valence-corrected chi connectivity index (χ0v) is 16.4. The predicted molar refractivity (Wildman–Crippen MR) is 103 cm³/mol. The van der Waals surface area contributed by atoms with Gasteiger partial charge < -0.3 is 20.1 Å². The van der Waals surface area contributed by atoms with Crippen LogP contribution in [0.2, 0.25) is 0 Å². The Labute approximate surface area is 161 Å². The number of amides is 1. The number of carbonyl (C=O) groups excluding carboxylic acids is 2. The molecule has 0 aliphatic rings. The van der Waals surface area contributed by atoms with Crippen molar-refractivity contribution >= 4 is 33.5 Å². The van der Waals surface area contributed by atoms with Gasteiger partial charge in [-0.15, -0.1) is 0 Å². The monoisotopic (exact) mass is 420 g/mol. The molecule has 6 nitrogen and oxygen atoms in total. The second-order valence-corrected chi connectivity index (χ2v) is 6.56. The average Bonchev–Trinajstić information content (AvgIpc) is 2.66. The Morgan fingerprint density at radius 1 is 1.00 bits per heavy atom. The largest absolute Gasteiger partial charge is 0.497 e. The number of hydrogen-bond acceptors (Lipinski definition) is 5. The van der Waals surface area contributed by atoms with Crippen molar-refractivity contribution in [2.45, 2.75) is 19.0 Å². The molecule has 26 heavy (non-hydrogen) atoms. The number of nitrogens with one attached hydrogen (secondary N) is 2. The summed E-state index contributed by atoms with van der Waals surface area (Å²) in [4.78, 5) is 24.6. The molecule has 0 heterocycles. The molecule has 0 saturated heterocycles. The van der Waals surface area contributed by atoms with Crippen LogP contribution in [0.25, 0.3) is 0 Å². The third-order valence-corrected chi connectivity index (χ3v) is 4.36. The van der Waals surface area contributed by atoms with E-state index in [-0.39, 0.29) is 5.91 Å². The van der Waals surface area contributed by atoms with Crippen LogP contribution in [0, 0.1) is 0 Å². The van der Waals surface area contributed by atoms with Gasteiger partial charge >= 0.3 is 5.97 Å². The van der Waals surface area contributed by atoms with Crippen LogP contribution in [0.1, 0.15) is 17.3 Å². The van der Waals surface area contributed by atoms with Gasteiger partial charge in [-0.2, -0.15) is 0 Å². The van der Waals surface area contributed by atoms with Gasteiger partial charge in [0, 0.05) is 15.7 Å². The first-order valence-corrected chi connectivity index (χ1v) is 8.78. The standard InChI is InChI=1S/C19H21BrN2O4/c1-12(21-18(23)13-4-6-14(20)7-5-13)17(19(24)26-3)22-15-8-10-16(25-2)11-9-15/h4-12,17,22H,1-3H3,(H,21,23)/t12-,17+/m0/s1. The second-order valence-electron chi connectivity index (χ2n) is 5.64. The molecule has 2 aromatic carbocycles. The van der Waals surface area contributed by atoms with Crippen LogP contribution in [-0.2, 0) is 9.53 Å². The number of carbonyl (C=O) groups is 2. The van der Waals surface area contributed by atoms with Crippen LogP contribution in [0.3, 0.4) is 0 Å². The topological polar surface area (TPSA) is 76.7 Å². The summed E-state index contributed by atoms with van der Waals surface area (Å²) in [6, 6.07) is 12.9. The molecule has 2 aromatic rings. The quantitative estimate of drug-likeness (QED) is 0.672. The molecule has 0 aromatic heterocycles. The van der Waals surface area contributed by atoms with Crippen molar-refractivity contribution in [3.8, 4) is 5.75 Å². The number of rotatable bonds is 7. The Bertz CT molecular complexity index is 747. The molecule has 2 N–H and O–H groups in total. The van der Waals surface area contributed by atoms with Gasteiger partial charge in [0.15, 0.2) is 0 Å². The minimum atomic E-state index is -0.743. The zero-order valence-electron chi connectivity index (χ0n) is 14.8. The molecule has 0 fully saturated rings. The Morgan fingerprint density at radius 3 is 2.15 bits per heavy atom. The first-order chi connectivity index (χ1) is 12.4. The minimum absolute atomic E-state index is 0.268. The molecule has 0 aliphatic carbocycles. The molecular formula is C19H21BrN2O4. The molecule has 7 heteroatoms. The number of benzene rings is 2. The van der Waals surface area contributed by atoms with Crippen molar-refractivity contribution in [1.82, 2.24) is 5.32 Å². The lowest BCUT2D eigenvalue weighted by Gasteiger charge is -2.25. The van der Waals surface area contributed by atoms with Gasteiger partial charge in [-0.1, -0.05) is 15.9 Å². The highest BCUT2D eigenvalue weighted by Crippen LogP contribution is 2.17. The van der Waals surface area contributed by atoms with Crippen molar-refractivity contribution in [1.29, 1.82) is 0 Å². The van der Waals surface area contributed by atoms with E-state index in [0.29, 0.717) is 17.0 Å². The van der Waals surface area contributed by atoms with E-state index in [1.165, 1.54) is 7.11 Å². The van der Waals surface area contributed by atoms with E-state index in [2.05, 4.69) is 26.6 Å². The summed E-state index contributed by atoms with van der Waals surface area (Å²) < 4.78 is 10.9. The smallest absolute Gasteiger partial charge is 0.330 e. The van der Waals surface area contributed by atoms with Crippen LogP contribution in [0.15, 0.2) is 53.0 Å². The number of halogens is 1. The maximum Gasteiger partial charge on any atom is 0.330 e. The summed E-state index contributed by atoms with van der Waals surface area (Å²) in [5, 5.41) is 5.93. The Kier molecular flexibility index (Phi) is 7.03. The molecule has 0 bridgehead atoms. The van der Waals surface area contributed by atoms with Gasteiger partial charge in [0.25, 0.3) is 5.91 Å². The first-order valence-electron chi connectivity index (χ1n) is 7.99. The summed E-state index contributed by atoms with van der Waals surface area (Å²) in [5.74, 6) is -0.0263. The predicted octanol–water partition coefficient (Wildman–Crippen LogP) is 3.23. The van der Waals surface area contributed by atoms with E-state index in [1.54, 1.807) is 62.6 Å². The lowest BCUT2D eigenvalue weighted by molar-refractivity contribution is -0.142. The Hall–Kier alpha value is -2.54. The van der Waals surface area contributed by atoms with Crippen molar-refractivity contribution in [2.24, 2.45) is 0 Å². The van der Waals surface area contributed by atoms with Crippen molar-refractivity contribution in [3.63, 3.8) is 0 Å². The average molecular weight is 421 g/mol. The highest BCUT2D eigenvalue weighted by atomic mass is 79.9. The van der Waals surface area contributed by atoms with Crippen LogP contribution in [0.5, 0.6) is 5.75 Å². The number of ether oxygens (including phenoxy) is 2. The number of methoxy groups -OCH3 is 2. The fourth-order valence-corrected chi connectivity index (χ4v) is 2.62. The molecular weight excluding hydrogens is 400 g/mol. The molecule has 0 spiro atoms. The van der Waals surface area contributed by atoms with Gasteiger partial charge in [0.2, 0.25) is 0 Å². The molecule has 0 aliphatic heterocycles. The summed E-state index contributed by atoms with van der Waals surface area (Å²) in [5.41, 5.74) is 1.22. The van der Waals surface area contributed by atoms with E-state index < -0.39 is 18.1 Å². The second kappa shape index (κ2) is 9.24. The molecule has 138 valence electrons. The number of hydrogen-bond donors (Lipinski definition) is 2. The summed E-state index contributed by atoms with van der Waals surface area (Å²) >= 11 is 3.33. The third-order valence-electron chi connectivity index (χ3n) is 3.83. The van der Waals surface area contributed by atoms with Crippen molar-refractivity contribution in [3.05, 3.63) is 58.6 Å². The summed E-state index contributed by atoms with van der Waals surface area (Å²) in [7, 11) is 2.90. The van der Waals surface area contributed by atoms with Crippen LogP contribution < -0.4 is 15.4 Å². The fraction of sp³-hybridized carbons (Fsp3) is 0.263. The van der Waals surface area contributed by atoms with Crippen LogP contribution in [-0.4, -0.2) is 38.2 Å². The fourth-order valence-electron chi connectivity index (χ4n) is 2.36. The lowest BCUT2D eigenvalue weighted by Crippen LogP contribution is -2.49. The van der Waals surface area contributed by atoms with Crippen LogP contribution in [0.4, 0.5) is 5.69 Å². The molecule has 2 rings (SSSR count). The van der Waals surface area contributed by atoms with Crippen molar-refractivity contribution < 1.29 is 19.1 Å². The zero-order chi connectivity index (χ0) is 19.1. The van der Waals surface area contributed by atoms with Gasteiger partial charge in [0.1, 0.15) is 11.8 Å². The van der Waals surface area contributed by atoms with E-state index in [0.717, 1.165) is 4.47 Å². The molecule has 2 atom stereocenters. The SMILES string of the molecule is COC(=O)[C@H](Nc1ccc(OC)cc1)[C@H](C)NC(=O)c1ccc(Br)cc1. The molecule has 1 amide bonds. The lowest BCUT2D eigenvalue weighted by atomic mass is 10.1. The molecule has 0 radical (unpaired) electrons. The van der Waals surface area contributed by atoms with Gasteiger partial charge in [0.05, 0.1) is 20.3 Å². The van der Waals surface area contributed by atoms with Crippen LogP contribution >= 0.6 is 15.9 Å². The minimum Gasteiger partial charge on any atom is -0.497 e. The van der Waals surface area contributed by atoms with Gasteiger partial charge in [-0.25, -0.2) is 4.79 Å². The molecule has 0 unspecified atom stereocenters. The van der Waals surface area contributed by atoms with E-state index in [1.807, 2.05) is 0 Å².